The second-order valence-electron chi connectivity index (χ2n) is 7.15. The largest absolute Gasteiger partial charge is 0.493 e. The highest BCUT2D eigenvalue weighted by molar-refractivity contribution is 7.13. The molecule has 1 N–H and O–H groups in total. The van der Waals surface area contributed by atoms with Crippen molar-refractivity contribution >= 4 is 34.1 Å². The molecule has 1 fully saturated rings. The standard InChI is InChI=1S/C22H25N3O2S/c1-13(21-10-9-16(28-21)8-7-15-5-6-15)23-22-17-11-19(26-3)20(27-4)12-18(17)24-14(2)25-22/h7-13,15H,5-6H2,1-4H3,(H,23,24,25)/b8-7+. The Morgan fingerprint density at radius 1 is 1.14 bits per heavy atom. The number of anilines is 1. The topological polar surface area (TPSA) is 56.3 Å². The van der Waals surface area contributed by atoms with E-state index in [0.29, 0.717) is 17.3 Å². The Labute approximate surface area is 169 Å². The minimum atomic E-state index is 0.138. The minimum absolute atomic E-state index is 0.138. The molecule has 0 aliphatic heterocycles. The molecule has 1 aliphatic rings. The van der Waals surface area contributed by atoms with E-state index in [4.69, 9.17) is 9.47 Å². The van der Waals surface area contributed by atoms with Crippen LogP contribution in [0.1, 0.15) is 41.4 Å². The van der Waals surface area contributed by atoms with Crippen LogP contribution in [0.4, 0.5) is 5.82 Å². The monoisotopic (exact) mass is 395 g/mol. The van der Waals surface area contributed by atoms with Crippen molar-refractivity contribution < 1.29 is 9.47 Å². The molecular formula is C22H25N3O2S. The number of methoxy groups -OCH3 is 2. The number of aryl methyl sites for hydroxylation is 1. The molecule has 2 aromatic heterocycles. The van der Waals surface area contributed by atoms with E-state index in [1.54, 1.807) is 14.2 Å². The van der Waals surface area contributed by atoms with Crippen molar-refractivity contribution in [3.05, 3.63) is 45.9 Å². The second kappa shape index (κ2) is 7.80. The predicted octanol–water partition coefficient (Wildman–Crippen LogP) is 5.61. The highest BCUT2D eigenvalue weighted by Crippen LogP contribution is 2.36. The number of aromatic nitrogens is 2. The summed E-state index contributed by atoms with van der Waals surface area (Å²) in [5.74, 6) is 3.65. The molecule has 3 aromatic rings. The molecule has 0 radical (unpaired) electrons. The number of allylic oxidation sites excluding steroid dienone is 1. The van der Waals surface area contributed by atoms with Crippen molar-refractivity contribution in [1.29, 1.82) is 0 Å². The van der Waals surface area contributed by atoms with Crippen molar-refractivity contribution in [3.63, 3.8) is 0 Å². The molecule has 1 aromatic carbocycles. The molecule has 5 nitrogen and oxygen atoms in total. The van der Waals surface area contributed by atoms with Crippen molar-refractivity contribution in [2.75, 3.05) is 19.5 Å². The molecule has 6 heteroatoms. The fourth-order valence-corrected chi connectivity index (χ4v) is 4.09. The molecule has 0 saturated heterocycles. The summed E-state index contributed by atoms with van der Waals surface area (Å²) in [7, 11) is 3.27. The first-order chi connectivity index (χ1) is 13.6. The Morgan fingerprint density at radius 2 is 1.89 bits per heavy atom. The fraction of sp³-hybridized carbons (Fsp3) is 0.364. The van der Waals surface area contributed by atoms with Gasteiger partial charge in [-0.15, -0.1) is 11.3 Å². The van der Waals surface area contributed by atoms with Gasteiger partial charge in [0.15, 0.2) is 11.5 Å². The maximum atomic E-state index is 5.46. The average Bonchev–Trinajstić information content (AvgIpc) is 3.40. The van der Waals surface area contributed by atoms with Gasteiger partial charge in [-0.2, -0.15) is 0 Å². The lowest BCUT2D eigenvalue weighted by Gasteiger charge is -2.16. The smallest absolute Gasteiger partial charge is 0.162 e. The van der Waals surface area contributed by atoms with Crippen LogP contribution in [0.25, 0.3) is 17.0 Å². The van der Waals surface area contributed by atoms with Gasteiger partial charge in [0.1, 0.15) is 11.6 Å². The third-order valence-electron chi connectivity index (χ3n) is 4.90. The summed E-state index contributed by atoms with van der Waals surface area (Å²) in [6.45, 7) is 4.06. The highest BCUT2D eigenvalue weighted by Gasteiger charge is 2.18. The first-order valence-corrected chi connectivity index (χ1v) is 10.3. The number of hydrogen-bond donors (Lipinski definition) is 1. The summed E-state index contributed by atoms with van der Waals surface area (Å²) < 4.78 is 10.9. The molecular weight excluding hydrogens is 370 g/mol. The Morgan fingerprint density at radius 3 is 2.61 bits per heavy atom. The zero-order chi connectivity index (χ0) is 19.7. The van der Waals surface area contributed by atoms with Gasteiger partial charge in [0, 0.05) is 21.2 Å². The van der Waals surface area contributed by atoms with Crippen LogP contribution in [0, 0.1) is 12.8 Å². The van der Waals surface area contributed by atoms with E-state index in [1.807, 2.05) is 30.4 Å². The van der Waals surface area contributed by atoms with Gasteiger partial charge in [0.05, 0.1) is 25.8 Å². The Hall–Kier alpha value is -2.60. The van der Waals surface area contributed by atoms with Gasteiger partial charge in [-0.1, -0.05) is 6.08 Å². The van der Waals surface area contributed by atoms with Crippen LogP contribution in [0.5, 0.6) is 11.5 Å². The molecule has 1 saturated carbocycles. The van der Waals surface area contributed by atoms with Gasteiger partial charge in [-0.05, 0) is 56.9 Å². The van der Waals surface area contributed by atoms with Crippen molar-refractivity contribution in [2.45, 2.75) is 32.7 Å². The second-order valence-corrected chi connectivity index (χ2v) is 8.29. The summed E-state index contributed by atoms with van der Waals surface area (Å²) in [4.78, 5) is 11.8. The molecule has 1 unspecified atom stereocenters. The van der Waals surface area contributed by atoms with E-state index < -0.39 is 0 Å². The van der Waals surface area contributed by atoms with Crippen LogP contribution < -0.4 is 14.8 Å². The molecule has 146 valence electrons. The van der Waals surface area contributed by atoms with Crippen LogP contribution in [0.3, 0.4) is 0 Å². The van der Waals surface area contributed by atoms with Gasteiger partial charge >= 0.3 is 0 Å². The van der Waals surface area contributed by atoms with Crippen LogP contribution >= 0.6 is 11.3 Å². The van der Waals surface area contributed by atoms with E-state index in [-0.39, 0.29) is 6.04 Å². The fourth-order valence-electron chi connectivity index (χ4n) is 3.17. The number of benzene rings is 1. The van der Waals surface area contributed by atoms with Gasteiger partial charge in [0.2, 0.25) is 0 Å². The molecule has 0 bridgehead atoms. The summed E-state index contributed by atoms with van der Waals surface area (Å²) in [5, 5.41) is 4.48. The van der Waals surface area contributed by atoms with Crippen LogP contribution in [-0.4, -0.2) is 24.2 Å². The van der Waals surface area contributed by atoms with E-state index in [9.17, 15) is 0 Å². The first kappa shape index (κ1) is 18.7. The van der Waals surface area contributed by atoms with Crippen molar-refractivity contribution in [3.8, 4) is 11.5 Å². The minimum Gasteiger partial charge on any atom is -0.493 e. The molecule has 4 rings (SSSR count). The summed E-state index contributed by atoms with van der Waals surface area (Å²) in [6.07, 6.45) is 7.25. The first-order valence-electron chi connectivity index (χ1n) is 9.52. The summed E-state index contributed by atoms with van der Waals surface area (Å²) in [5.41, 5.74) is 0.832. The van der Waals surface area contributed by atoms with Gasteiger partial charge in [-0.3, -0.25) is 0 Å². The van der Waals surface area contributed by atoms with Gasteiger partial charge in [-0.25, -0.2) is 9.97 Å². The Kier molecular flexibility index (Phi) is 5.22. The average molecular weight is 396 g/mol. The Bertz CT molecular complexity index is 1020. The molecule has 1 atom stereocenters. The molecule has 28 heavy (non-hydrogen) atoms. The lowest BCUT2D eigenvalue weighted by atomic mass is 10.2. The predicted molar refractivity (Wildman–Crippen MR) is 115 cm³/mol. The van der Waals surface area contributed by atoms with E-state index in [0.717, 1.165) is 22.6 Å². The van der Waals surface area contributed by atoms with Crippen LogP contribution in [-0.2, 0) is 0 Å². The zero-order valence-electron chi connectivity index (χ0n) is 16.7. The normalized spacial score (nSPS) is 15.1. The number of hydrogen-bond acceptors (Lipinski definition) is 6. The third-order valence-corrected chi connectivity index (χ3v) is 6.13. The quantitative estimate of drug-likeness (QED) is 0.563. The lowest BCUT2D eigenvalue weighted by Crippen LogP contribution is -2.08. The zero-order valence-corrected chi connectivity index (χ0v) is 17.5. The summed E-state index contributed by atoms with van der Waals surface area (Å²) >= 11 is 1.82. The Balaban J connectivity index is 1.62. The number of thiophene rings is 1. The van der Waals surface area contributed by atoms with Gasteiger partial charge < -0.3 is 14.8 Å². The molecule has 2 heterocycles. The maximum absolute atomic E-state index is 5.46. The van der Waals surface area contributed by atoms with Gasteiger partial charge in [0.25, 0.3) is 0 Å². The van der Waals surface area contributed by atoms with E-state index in [2.05, 4.69) is 46.5 Å². The number of ether oxygens (including phenoxy) is 2. The SMILES string of the molecule is COc1cc2nc(C)nc(NC(C)c3ccc(/C=C/C4CC4)s3)c2cc1OC. The highest BCUT2D eigenvalue weighted by atomic mass is 32.1. The number of nitrogens with zero attached hydrogens (tertiary/aromatic N) is 2. The lowest BCUT2D eigenvalue weighted by molar-refractivity contribution is 0.356. The molecule has 1 aliphatic carbocycles. The van der Waals surface area contributed by atoms with Crippen molar-refractivity contribution in [2.24, 2.45) is 5.92 Å². The molecule has 0 spiro atoms. The van der Waals surface area contributed by atoms with Crippen LogP contribution in [0.15, 0.2) is 30.3 Å². The van der Waals surface area contributed by atoms with E-state index in [1.165, 1.54) is 22.6 Å². The number of fused-ring (bicyclic) bond motifs is 1. The van der Waals surface area contributed by atoms with Crippen LogP contribution in [0.2, 0.25) is 0 Å². The third kappa shape index (κ3) is 3.97. The number of nitrogens with one attached hydrogen (secondary N) is 1. The number of rotatable bonds is 7. The summed E-state index contributed by atoms with van der Waals surface area (Å²) in [6, 6.07) is 8.34. The maximum Gasteiger partial charge on any atom is 0.162 e. The van der Waals surface area contributed by atoms with E-state index >= 15 is 0 Å². The molecule has 0 amide bonds. The van der Waals surface area contributed by atoms with Crippen molar-refractivity contribution in [1.82, 2.24) is 9.97 Å².